The second-order valence-corrected chi connectivity index (χ2v) is 7.20. The van der Waals surface area contributed by atoms with Crippen molar-refractivity contribution < 1.29 is 4.79 Å². The first-order valence-corrected chi connectivity index (χ1v) is 10.3. The first-order chi connectivity index (χ1) is 13.2. The molecule has 0 aliphatic rings. The van der Waals surface area contributed by atoms with Gasteiger partial charge in [-0.2, -0.15) is 0 Å². The molecule has 0 aliphatic heterocycles. The number of hydrogen-bond donors (Lipinski definition) is 3. The van der Waals surface area contributed by atoms with Crippen LogP contribution in [0.2, 0.25) is 0 Å². The van der Waals surface area contributed by atoms with E-state index in [1.54, 1.807) is 11.3 Å². The highest BCUT2D eigenvalue weighted by atomic mass is 32.1. The Bertz CT molecular complexity index is 739. The second kappa shape index (κ2) is 11.3. The highest BCUT2D eigenvalue weighted by molar-refractivity contribution is 7.11. The molecule has 1 aromatic heterocycles. The van der Waals surface area contributed by atoms with E-state index in [-0.39, 0.29) is 5.91 Å². The molecule has 2 aromatic rings. The molecule has 1 aromatic carbocycles. The van der Waals surface area contributed by atoms with Crippen LogP contribution < -0.4 is 16.0 Å². The summed E-state index contributed by atoms with van der Waals surface area (Å²) in [6, 6.07) is 7.56. The number of nitrogens with one attached hydrogen (secondary N) is 3. The molecule has 2 rings (SSSR count). The molecule has 1 amide bonds. The van der Waals surface area contributed by atoms with Crippen LogP contribution in [0.5, 0.6) is 0 Å². The van der Waals surface area contributed by atoms with Crippen molar-refractivity contribution in [1.29, 1.82) is 0 Å². The molecular weight excluding hydrogens is 358 g/mol. The summed E-state index contributed by atoms with van der Waals surface area (Å²) in [5.41, 5.74) is 1.73. The SMILES string of the molecule is CCNC(=O)c1ccc(CN=C(NCC)NCCc2ncc(CC)s2)cc1. The summed E-state index contributed by atoms with van der Waals surface area (Å²) in [5, 5.41) is 10.6. The van der Waals surface area contributed by atoms with E-state index in [2.05, 4.69) is 32.9 Å². The third kappa shape index (κ3) is 7.02. The van der Waals surface area contributed by atoms with Crippen molar-refractivity contribution >= 4 is 23.2 Å². The Morgan fingerprint density at radius 2 is 1.81 bits per heavy atom. The van der Waals surface area contributed by atoms with E-state index in [1.807, 2.05) is 44.3 Å². The van der Waals surface area contributed by atoms with Crippen molar-refractivity contribution in [2.45, 2.75) is 40.2 Å². The Labute approximate surface area is 165 Å². The van der Waals surface area contributed by atoms with Crippen molar-refractivity contribution in [3.63, 3.8) is 0 Å². The third-order valence-electron chi connectivity index (χ3n) is 3.90. The molecule has 0 atom stereocenters. The van der Waals surface area contributed by atoms with Gasteiger partial charge in [-0.15, -0.1) is 11.3 Å². The average Bonchev–Trinajstić information content (AvgIpc) is 3.14. The number of guanidine groups is 1. The molecule has 0 radical (unpaired) electrons. The predicted octanol–water partition coefficient (Wildman–Crippen LogP) is 2.75. The summed E-state index contributed by atoms with van der Waals surface area (Å²) in [4.78, 5) is 22.2. The molecule has 7 heteroatoms. The van der Waals surface area contributed by atoms with Gasteiger partial charge in [0.15, 0.2) is 5.96 Å². The van der Waals surface area contributed by atoms with Crippen LogP contribution >= 0.6 is 11.3 Å². The van der Waals surface area contributed by atoms with Crippen molar-refractivity contribution in [2.75, 3.05) is 19.6 Å². The lowest BCUT2D eigenvalue weighted by Gasteiger charge is -2.10. The quantitative estimate of drug-likeness (QED) is 0.457. The van der Waals surface area contributed by atoms with E-state index in [0.29, 0.717) is 18.7 Å². The zero-order valence-corrected chi connectivity index (χ0v) is 17.2. The number of benzene rings is 1. The lowest BCUT2D eigenvalue weighted by Crippen LogP contribution is -2.38. The van der Waals surface area contributed by atoms with Crippen LogP contribution in [-0.4, -0.2) is 36.5 Å². The van der Waals surface area contributed by atoms with Crippen LogP contribution in [0.15, 0.2) is 35.5 Å². The summed E-state index contributed by atoms with van der Waals surface area (Å²) in [5.74, 6) is 0.744. The monoisotopic (exact) mass is 387 g/mol. The van der Waals surface area contributed by atoms with Crippen LogP contribution in [0.3, 0.4) is 0 Å². The van der Waals surface area contributed by atoms with Gasteiger partial charge in [-0.3, -0.25) is 4.79 Å². The number of nitrogens with zero attached hydrogens (tertiary/aromatic N) is 2. The minimum atomic E-state index is -0.0454. The maximum Gasteiger partial charge on any atom is 0.251 e. The highest BCUT2D eigenvalue weighted by Gasteiger charge is 2.04. The number of aromatic nitrogens is 1. The van der Waals surface area contributed by atoms with Crippen molar-refractivity contribution in [3.05, 3.63) is 51.5 Å². The molecular formula is C20H29N5OS. The smallest absolute Gasteiger partial charge is 0.251 e. The Hall–Kier alpha value is -2.41. The van der Waals surface area contributed by atoms with Crippen LogP contribution in [0, 0.1) is 0 Å². The molecule has 0 saturated carbocycles. The number of aryl methyl sites for hydroxylation is 1. The lowest BCUT2D eigenvalue weighted by molar-refractivity contribution is 0.0956. The summed E-state index contributed by atoms with van der Waals surface area (Å²) in [6.45, 7) is 8.89. The van der Waals surface area contributed by atoms with Gasteiger partial charge in [-0.1, -0.05) is 19.1 Å². The number of carbonyl (C=O) groups is 1. The molecule has 27 heavy (non-hydrogen) atoms. The fourth-order valence-electron chi connectivity index (χ4n) is 2.45. The maximum atomic E-state index is 11.8. The molecule has 0 bridgehead atoms. The first-order valence-electron chi connectivity index (χ1n) is 9.49. The number of aliphatic imine (C=N–C) groups is 1. The molecule has 6 nitrogen and oxygen atoms in total. The van der Waals surface area contributed by atoms with Gasteiger partial charge in [0, 0.05) is 42.7 Å². The summed E-state index contributed by atoms with van der Waals surface area (Å²) in [6.07, 6.45) is 3.88. The normalized spacial score (nSPS) is 11.3. The number of amides is 1. The molecule has 0 aliphatic carbocycles. The molecule has 1 heterocycles. The minimum Gasteiger partial charge on any atom is -0.357 e. The van der Waals surface area contributed by atoms with E-state index in [9.17, 15) is 4.79 Å². The van der Waals surface area contributed by atoms with Crippen LogP contribution in [0.1, 0.15) is 46.6 Å². The first kappa shape index (κ1) is 20.9. The number of rotatable bonds is 9. The molecule has 0 saturated heterocycles. The van der Waals surface area contributed by atoms with Crippen molar-refractivity contribution in [2.24, 2.45) is 4.99 Å². The topological polar surface area (TPSA) is 78.4 Å². The molecule has 146 valence electrons. The molecule has 0 fully saturated rings. The lowest BCUT2D eigenvalue weighted by atomic mass is 10.1. The number of thiazole rings is 1. The van der Waals surface area contributed by atoms with Crippen LogP contribution in [0.4, 0.5) is 0 Å². The number of carbonyl (C=O) groups excluding carboxylic acids is 1. The van der Waals surface area contributed by atoms with Gasteiger partial charge < -0.3 is 16.0 Å². The second-order valence-electron chi connectivity index (χ2n) is 6.00. The van der Waals surface area contributed by atoms with Crippen LogP contribution in [-0.2, 0) is 19.4 Å². The van der Waals surface area contributed by atoms with E-state index < -0.39 is 0 Å². The summed E-state index contributed by atoms with van der Waals surface area (Å²) < 4.78 is 0. The predicted molar refractivity (Wildman–Crippen MR) is 112 cm³/mol. The van der Waals surface area contributed by atoms with Crippen LogP contribution in [0.25, 0.3) is 0 Å². The molecule has 3 N–H and O–H groups in total. The van der Waals surface area contributed by atoms with E-state index in [4.69, 9.17) is 0 Å². The van der Waals surface area contributed by atoms with Gasteiger partial charge >= 0.3 is 0 Å². The fourth-order valence-corrected chi connectivity index (χ4v) is 3.31. The van der Waals surface area contributed by atoms with E-state index in [0.717, 1.165) is 42.5 Å². The van der Waals surface area contributed by atoms with E-state index in [1.165, 1.54) is 4.88 Å². The average molecular weight is 388 g/mol. The fraction of sp³-hybridized carbons (Fsp3) is 0.450. The van der Waals surface area contributed by atoms with Crippen molar-refractivity contribution in [1.82, 2.24) is 20.9 Å². The Kier molecular flexibility index (Phi) is 8.77. The minimum absolute atomic E-state index is 0.0454. The van der Waals surface area contributed by atoms with E-state index >= 15 is 0 Å². The van der Waals surface area contributed by atoms with Gasteiger partial charge in [0.25, 0.3) is 5.91 Å². The Morgan fingerprint density at radius 1 is 1.07 bits per heavy atom. The Morgan fingerprint density at radius 3 is 2.44 bits per heavy atom. The summed E-state index contributed by atoms with van der Waals surface area (Å²) in [7, 11) is 0. The van der Waals surface area contributed by atoms with Crippen molar-refractivity contribution in [3.8, 4) is 0 Å². The summed E-state index contributed by atoms with van der Waals surface area (Å²) >= 11 is 1.77. The third-order valence-corrected chi connectivity index (χ3v) is 5.10. The Balaban J connectivity index is 1.87. The zero-order valence-electron chi connectivity index (χ0n) is 16.3. The highest BCUT2D eigenvalue weighted by Crippen LogP contribution is 2.13. The van der Waals surface area contributed by atoms with Gasteiger partial charge in [0.1, 0.15) is 0 Å². The number of hydrogen-bond acceptors (Lipinski definition) is 4. The van der Waals surface area contributed by atoms with Gasteiger partial charge in [0.2, 0.25) is 0 Å². The van der Waals surface area contributed by atoms with Gasteiger partial charge in [0.05, 0.1) is 11.6 Å². The zero-order chi connectivity index (χ0) is 19.5. The van der Waals surface area contributed by atoms with Gasteiger partial charge in [-0.05, 0) is 38.0 Å². The molecule has 0 unspecified atom stereocenters. The molecule has 0 spiro atoms. The maximum absolute atomic E-state index is 11.8. The standard InChI is InChI=1S/C20H29N5OS/c1-4-17-14-24-18(27-17)11-12-23-20(22-6-3)25-13-15-7-9-16(10-8-15)19(26)21-5-2/h7-10,14H,4-6,11-13H2,1-3H3,(H,21,26)(H2,22,23,25). The van der Waals surface area contributed by atoms with Gasteiger partial charge in [-0.25, -0.2) is 9.98 Å². The largest absolute Gasteiger partial charge is 0.357 e.